The van der Waals surface area contributed by atoms with Gasteiger partial charge in [0.2, 0.25) is 0 Å². The van der Waals surface area contributed by atoms with Gasteiger partial charge in [0.1, 0.15) is 23.7 Å². The van der Waals surface area contributed by atoms with Crippen molar-refractivity contribution >= 4 is 17.4 Å². The fourth-order valence-electron chi connectivity index (χ4n) is 1.68. The quantitative estimate of drug-likeness (QED) is 0.504. The van der Waals surface area contributed by atoms with E-state index in [-0.39, 0.29) is 0 Å². The molecule has 0 saturated heterocycles. The molecule has 0 aliphatic carbocycles. The molecule has 0 aromatic heterocycles. The molecule has 5 N–H and O–H groups in total. The van der Waals surface area contributed by atoms with Gasteiger partial charge in [0.15, 0.2) is 0 Å². The number of rotatable bonds is 4. The molecule has 2 rings (SSSR count). The van der Waals surface area contributed by atoms with Crippen molar-refractivity contribution in [3.05, 3.63) is 24.3 Å². The average Bonchev–Trinajstić information content (AvgIpc) is 2.79. The smallest absolute Gasteiger partial charge is 0.112 e. The molecule has 4 atom stereocenters. The van der Waals surface area contributed by atoms with E-state index in [1.807, 2.05) is 24.3 Å². The van der Waals surface area contributed by atoms with Crippen LogP contribution in [0.4, 0.5) is 5.69 Å². The first-order valence-electron chi connectivity index (χ1n) is 5.30. The largest absolute Gasteiger partial charge is 0.394 e. The van der Waals surface area contributed by atoms with Gasteiger partial charge in [-0.2, -0.15) is 0 Å². The zero-order chi connectivity index (χ0) is 12.4. The van der Waals surface area contributed by atoms with Crippen molar-refractivity contribution in [2.24, 2.45) is 0 Å². The summed E-state index contributed by atoms with van der Waals surface area (Å²) >= 11 is 1.39. The van der Waals surface area contributed by atoms with Crippen molar-refractivity contribution in [3.63, 3.8) is 0 Å². The molecule has 5 nitrogen and oxygen atoms in total. The number of hydrogen-bond donors (Lipinski definition) is 5. The van der Waals surface area contributed by atoms with Crippen molar-refractivity contribution in [2.45, 2.75) is 28.6 Å². The summed E-state index contributed by atoms with van der Waals surface area (Å²) in [6, 6.07) is 7.56. The van der Waals surface area contributed by atoms with Crippen molar-refractivity contribution in [3.8, 4) is 0 Å². The summed E-state index contributed by atoms with van der Waals surface area (Å²) in [5.74, 6) is 0. The third-order valence-corrected chi connectivity index (χ3v) is 3.94. The van der Waals surface area contributed by atoms with Gasteiger partial charge in [-0.05, 0) is 12.1 Å². The number of benzene rings is 1. The van der Waals surface area contributed by atoms with Gasteiger partial charge in [-0.1, -0.05) is 23.9 Å². The van der Waals surface area contributed by atoms with Crippen molar-refractivity contribution < 1.29 is 20.4 Å². The van der Waals surface area contributed by atoms with Crippen LogP contribution in [0.25, 0.3) is 0 Å². The van der Waals surface area contributed by atoms with Gasteiger partial charge in [0, 0.05) is 10.6 Å². The molecule has 0 amide bonds. The Morgan fingerprint density at radius 1 is 1.24 bits per heavy atom. The van der Waals surface area contributed by atoms with Crippen LogP contribution in [-0.4, -0.2) is 50.7 Å². The third-order valence-electron chi connectivity index (χ3n) is 2.68. The van der Waals surface area contributed by atoms with Gasteiger partial charge in [0.05, 0.1) is 6.61 Å². The van der Waals surface area contributed by atoms with Crippen LogP contribution in [0.2, 0.25) is 0 Å². The Kier molecular flexibility index (Phi) is 3.90. The monoisotopic (exact) mass is 257 g/mol. The predicted molar refractivity (Wildman–Crippen MR) is 64.8 cm³/mol. The summed E-state index contributed by atoms with van der Waals surface area (Å²) < 4.78 is 0. The molecule has 0 spiro atoms. The van der Waals surface area contributed by atoms with Gasteiger partial charge >= 0.3 is 0 Å². The first kappa shape index (κ1) is 12.7. The molecular weight excluding hydrogens is 242 g/mol. The second kappa shape index (κ2) is 5.24. The van der Waals surface area contributed by atoms with E-state index in [1.165, 1.54) is 11.8 Å². The van der Waals surface area contributed by atoms with E-state index in [1.54, 1.807) is 0 Å². The number of fused-ring (bicyclic) bond motifs is 1. The SMILES string of the molecule is OC[C@H](O)[C@H](O)[C@H](O)[C@@H]1Nc2ccccc2S1. The highest BCUT2D eigenvalue weighted by molar-refractivity contribution is 8.00. The number of aliphatic hydroxyl groups excluding tert-OH is 4. The molecule has 1 aliphatic rings. The fraction of sp³-hybridized carbons (Fsp3) is 0.455. The van der Waals surface area contributed by atoms with Gasteiger partial charge in [-0.15, -0.1) is 0 Å². The lowest BCUT2D eigenvalue weighted by molar-refractivity contribution is -0.0741. The molecule has 6 heteroatoms. The van der Waals surface area contributed by atoms with Crippen LogP contribution in [-0.2, 0) is 0 Å². The Hall–Kier alpha value is -0.790. The maximum atomic E-state index is 9.89. The van der Waals surface area contributed by atoms with E-state index in [0.29, 0.717) is 0 Å². The highest BCUT2D eigenvalue weighted by atomic mass is 32.2. The van der Waals surface area contributed by atoms with E-state index >= 15 is 0 Å². The zero-order valence-electron chi connectivity index (χ0n) is 9.02. The number of thioether (sulfide) groups is 1. The van der Waals surface area contributed by atoms with E-state index in [9.17, 15) is 15.3 Å². The highest BCUT2D eigenvalue weighted by Gasteiger charge is 2.35. The molecule has 0 fully saturated rings. The second-order valence-corrected chi connectivity index (χ2v) is 5.09. The summed E-state index contributed by atoms with van der Waals surface area (Å²) in [5.41, 5.74) is 0.896. The first-order valence-corrected chi connectivity index (χ1v) is 6.18. The van der Waals surface area contributed by atoms with E-state index < -0.39 is 30.3 Å². The number of aliphatic hydroxyl groups is 4. The minimum Gasteiger partial charge on any atom is -0.394 e. The van der Waals surface area contributed by atoms with E-state index in [0.717, 1.165) is 10.6 Å². The lowest BCUT2D eigenvalue weighted by Crippen LogP contribution is -2.46. The van der Waals surface area contributed by atoms with Crippen molar-refractivity contribution in [2.75, 3.05) is 11.9 Å². The maximum Gasteiger partial charge on any atom is 0.112 e. The zero-order valence-corrected chi connectivity index (χ0v) is 9.84. The van der Waals surface area contributed by atoms with Gasteiger partial charge in [-0.3, -0.25) is 0 Å². The molecule has 17 heavy (non-hydrogen) atoms. The average molecular weight is 257 g/mol. The maximum absolute atomic E-state index is 9.89. The van der Waals surface area contributed by atoms with Crippen molar-refractivity contribution in [1.29, 1.82) is 0 Å². The first-order chi connectivity index (χ1) is 8.13. The standard InChI is InChI=1S/C11H15NO4S/c13-5-7(14)9(15)10(16)11-12-6-3-1-2-4-8(6)17-11/h1-4,7,9-16H,5H2/t7-,9-,10-,11+/m0/s1. The molecule has 1 aliphatic heterocycles. The Bertz CT molecular complexity index is 364. The fourth-order valence-corrected chi connectivity index (χ4v) is 2.85. The summed E-state index contributed by atoms with van der Waals surface area (Å²) in [5, 5.41) is 40.1. The lowest BCUT2D eigenvalue weighted by atomic mass is 10.1. The van der Waals surface area contributed by atoms with Crippen LogP contribution in [0.15, 0.2) is 29.2 Å². The molecule has 0 unspecified atom stereocenters. The van der Waals surface area contributed by atoms with Crippen LogP contribution in [0.5, 0.6) is 0 Å². The van der Waals surface area contributed by atoms with E-state index in [4.69, 9.17) is 5.11 Å². The van der Waals surface area contributed by atoms with Crippen LogP contribution in [0.3, 0.4) is 0 Å². The summed E-state index contributed by atoms with van der Waals surface area (Å²) in [6.45, 7) is -0.581. The molecule has 0 saturated carbocycles. The van der Waals surface area contributed by atoms with Crippen LogP contribution < -0.4 is 5.32 Å². The van der Waals surface area contributed by atoms with Crippen LogP contribution in [0.1, 0.15) is 0 Å². The third kappa shape index (κ3) is 2.56. The number of para-hydroxylation sites is 1. The molecule has 0 bridgehead atoms. The topological polar surface area (TPSA) is 93.0 Å². The molecule has 1 heterocycles. The molecular formula is C11H15NO4S. The Balaban J connectivity index is 2.03. The van der Waals surface area contributed by atoms with Gasteiger partial charge in [0.25, 0.3) is 0 Å². The van der Waals surface area contributed by atoms with Gasteiger partial charge < -0.3 is 25.7 Å². The molecule has 1 aromatic carbocycles. The molecule has 0 radical (unpaired) electrons. The number of nitrogens with one attached hydrogen (secondary N) is 1. The Morgan fingerprint density at radius 3 is 2.59 bits per heavy atom. The summed E-state index contributed by atoms with van der Waals surface area (Å²) in [6.07, 6.45) is -3.87. The second-order valence-electron chi connectivity index (χ2n) is 3.91. The van der Waals surface area contributed by atoms with Crippen molar-refractivity contribution in [1.82, 2.24) is 0 Å². The van der Waals surface area contributed by atoms with Crippen LogP contribution in [0, 0.1) is 0 Å². The van der Waals surface area contributed by atoms with E-state index in [2.05, 4.69) is 5.32 Å². The summed E-state index contributed by atoms with van der Waals surface area (Å²) in [7, 11) is 0. The molecule has 1 aromatic rings. The Labute approximate surface area is 103 Å². The number of hydrogen-bond acceptors (Lipinski definition) is 6. The minimum atomic E-state index is -1.38. The molecule has 94 valence electrons. The normalized spacial score (nSPS) is 23.6. The Morgan fingerprint density at radius 2 is 1.94 bits per heavy atom. The highest BCUT2D eigenvalue weighted by Crippen LogP contribution is 2.39. The lowest BCUT2D eigenvalue weighted by Gasteiger charge is -2.25. The number of anilines is 1. The summed E-state index contributed by atoms with van der Waals surface area (Å²) in [4.78, 5) is 0.988. The van der Waals surface area contributed by atoms with Gasteiger partial charge in [-0.25, -0.2) is 0 Å². The minimum absolute atomic E-state index is 0.427. The van der Waals surface area contributed by atoms with Crippen LogP contribution >= 0.6 is 11.8 Å². The predicted octanol–water partition coefficient (Wildman–Crippen LogP) is -0.395.